The number of carboxylic acid groups (broad SMARTS) is 1. The van der Waals surface area contributed by atoms with Crippen molar-refractivity contribution in [2.24, 2.45) is 5.92 Å². The van der Waals surface area contributed by atoms with Gasteiger partial charge in [0.25, 0.3) is 10.0 Å². The van der Waals surface area contributed by atoms with Crippen LogP contribution in [0.3, 0.4) is 0 Å². The molecule has 1 aliphatic rings. The second-order valence-corrected chi connectivity index (χ2v) is 6.76. The number of sulfonamides is 1. The highest BCUT2D eigenvalue weighted by atomic mass is 32.2. The number of pyridine rings is 1. The molecule has 2 heterocycles. The van der Waals surface area contributed by atoms with Crippen LogP contribution >= 0.6 is 0 Å². The molecule has 0 bridgehead atoms. The average Bonchev–Trinajstić information content (AvgIpc) is 2.97. The molecule has 7 nitrogen and oxygen atoms in total. The van der Waals surface area contributed by atoms with Gasteiger partial charge < -0.3 is 9.84 Å². The van der Waals surface area contributed by atoms with Crippen molar-refractivity contribution in [1.29, 1.82) is 0 Å². The van der Waals surface area contributed by atoms with Gasteiger partial charge in [-0.25, -0.2) is 18.2 Å². The van der Waals surface area contributed by atoms with E-state index >= 15 is 0 Å². The van der Waals surface area contributed by atoms with Gasteiger partial charge in [-0.1, -0.05) is 6.92 Å². The smallest absolute Gasteiger partial charge is 0.337 e. The third kappa shape index (κ3) is 3.58. The molecule has 1 saturated heterocycles. The average molecular weight is 314 g/mol. The van der Waals surface area contributed by atoms with E-state index in [0.29, 0.717) is 26.3 Å². The van der Waals surface area contributed by atoms with E-state index in [1.807, 2.05) is 0 Å². The van der Waals surface area contributed by atoms with Crippen LogP contribution in [0.15, 0.2) is 23.4 Å². The molecule has 0 radical (unpaired) electrons. The molecule has 0 aliphatic carbocycles. The highest BCUT2D eigenvalue weighted by molar-refractivity contribution is 7.89. The van der Waals surface area contributed by atoms with Crippen molar-refractivity contribution >= 4 is 16.0 Å². The quantitative estimate of drug-likeness (QED) is 0.835. The standard InChI is InChI=1S/C13H18N2O5S/c1-2-15(8-10-5-6-20-9-10)21(18,19)12-4-3-11(7-14-12)13(16)17/h3-4,7,10H,2,5-6,8-9H2,1H3,(H,16,17). The largest absolute Gasteiger partial charge is 0.478 e. The molecule has 0 amide bonds. The van der Waals surface area contributed by atoms with Gasteiger partial charge in [0.05, 0.1) is 12.2 Å². The van der Waals surface area contributed by atoms with Crippen molar-refractivity contribution in [2.75, 3.05) is 26.3 Å². The van der Waals surface area contributed by atoms with Crippen LogP contribution in [0.5, 0.6) is 0 Å². The van der Waals surface area contributed by atoms with E-state index in [-0.39, 0.29) is 16.5 Å². The van der Waals surface area contributed by atoms with Crippen LogP contribution in [-0.2, 0) is 14.8 Å². The molecule has 1 aromatic rings. The molecular formula is C13H18N2O5S. The summed E-state index contributed by atoms with van der Waals surface area (Å²) in [6.45, 7) is 3.71. The molecule has 116 valence electrons. The summed E-state index contributed by atoms with van der Waals surface area (Å²) in [6, 6.07) is 2.47. The lowest BCUT2D eigenvalue weighted by Gasteiger charge is -2.22. The van der Waals surface area contributed by atoms with Gasteiger partial charge in [-0.15, -0.1) is 0 Å². The highest BCUT2D eigenvalue weighted by Gasteiger charge is 2.28. The fraction of sp³-hybridized carbons (Fsp3) is 0.538. The Kier molecular flexibility index (Phi) is 4.92. The Balaban J connectivity index is 2.19. The van der Waals surface area contributed by atoms with Crippen LogP contribution in [0.1, 0.15) is 23.7 Å². The molecule has 1 N–H and O–H groups in total. The Bertz CT molecular complexity index is 593. The lowest BCUT2D eigenvalue weighted by Crippen LogP contribution is -2.36. The summed E-state index contributed by atoms with van der Waals surface area (Å²) in [4.78, 5) is 14.5. The van der Waals surface area contributed by atoms with Gasteiger partial charge in [0.2, 0.25) is 0 Å². The molecule has 0 aromatic carbocycles. The highest BCUT2D eigenvalue weighted by Crippen LogP contribution is 2.19. The van der Waals surface area contributed by atoms with E-state index in [1.165, 1.54) is 16.4 Å². The number of rotatable bonds is 6. The topological polar surface area (TPSA) is 96.8 Å². The number of ether oxygens (including phenoxy) is 1. The minimum Gasteiger partial charge on any atom is -0.478 e. The van der Waals surface area contributed by atoms with Crippen molar-refractivity contribution in [1.82, 2.24) is 9.29 Å². The first-order valence-corrected chi connectivity index (χ1v) is 8.16. The molecule has 1 unspecified atom stereocenters. The summed E-state index contributed by atoms with van der Waals surface area (Å²) in [7, 11) is -3.71. The number of carbonyl (C=O) groups is 1. The minimum atomic E-state index is -3.71. The maximum Gasteiger partial charge on any atom is 0.337 e. The van der Waals surface area contributed by atoms with Gasteiger partial charge in [0.15, 0.2) is 5.03 Å². The lowest BCUT2D eigenvalue weighted by molar-refractivity contribution is 0.0696. The predicted molar refractivity (Wildman–Crippen MR) is 74.6 cm³/mol. The summed E-state index contributed by atoms with van der Waals surface area (Å²) < 4.78 is 31.6. The normalized spacial score (nSPS) is 19.0. The second kappa shape index (κ2) is 6.50. The number of aromatic nitrogens is 1. The predicted octanol–water partition coefficient (Wildman–Crippen LogP) is 0.827. The number of carboxylic acids is 1. The molecule has 0 saturated carbocycles. The van der Waals surface area contributed by atoms with Gasteiger partial charge in [-0.2, -0.15) is 4.31 Å². The maximum absolute atomic E-state index is 12.5. The minimum absolute atomic E-state index is 0.0406. The molecule has 0 spiro atoms. The van der Waals surface area contributed by atoms with Crippen LogP contribution in [0.25, 0.3) is 0 Å². The molecule has 21 heavy (non-hydrogen) atoms. The fourth-order valence-electron chi connectivity index (χ4n) is 2.20. The summed E-state index contributed by atoms with van der Waals surface area (Å²) in [5.41, 5.74) is -0.0406. The molecule has 1 aromatic heterocycles. The maximum atomic E-state index is 12.5. The number of aromatic carboxylic acids is 1. The van der Waals surface area contributed by atoms with Crippen LogP contribution in [-0.4, -0.2) is 55.1 Å². The molecule has 1 atom stereocenters. The molecule has 1 fully saturated rings. The van der Waals surface area contributed by atoms with Gasteiger partial charge in [-0.3, -0.25) is 0 Å². The molecule has 8 heteroatoms. The lowest BCUT2D eigenvalue weighted by atomic mass is 10.1. The van der Waals surface area contributed by atoms with Crippen molar-refractivity contribution in [3.05, 3.63) is 23.9 Å². The summed E-state index contributed by atoms with van der Waals surface area (Å²) >= 11 is 0. The Morgan fingerprint density at radius 2 is 2.29 bits per heavy atom. The first kappa shape index (κ1) is 15.9. The van der Waals surface area contributed by atoms with Crippen LogP contribution in [0.4, 0.5) is 0 Å². The van der Waals surface area contributed by atoms with E-state index < -0.39 is 16.0 Å². The third-order valence-electron chi connectivity index (χ3n) is 3.43. The van der Waals surface area contributed by atoms with E-state index in [1.54, 1.807) is 6.92 Å². The SMILES string of the molecule is CCN(CC1CCOC1)S(=O)(=O)c1ccc(C(=O)O)cn1. The Hall–Kier alpha value is -1.51. The number of hydrogen-bond acceptors (Lipinski definition) is 5. The van der Waals surface area contributed by atoms with E-state index in [2.05, 4.69) is 4.98 Å². The third-order valence-corrected chi connectivity index (χ3v) is 5.28. The van der Waals surface area contributed by atoms with E-state index in [9.17, 15) is 13.2 Å². The zero-order valence-corrected chi connectivity index (χ0v) is 12.5. The van der Waals surface area contributed by atoms with E-state index in [4.69, 9.17) is 9.84 Å². The van der Waals surface area contributed by atoms with Crippen LogP contribution in [0, 0.1) is 5.92 Å². The summed E-state index contributed by atoms with van der Waals surface area (Å²) in [5.74, 6) is -0.945. The number of hydrogen-bond donors (Lipinski definition) is 1. The first-order chi connectivity index (χ1) is 9.95. The molecular weight excluding hydrogens is 296 g/mol. The van der Waals surface area contributed by atoms with Crippen molar-refractivity contribution in [3.63, 3.8) is 0 Å². The number of nitrogens with zero attached hydrogens (tertiary/aromatic N) is 2. The van der Waals surface area contributed by atoms with Crippen LogP contribution < -0.4 is 0 Å². The summed E-state index contributed by atoms with van der Waals surface area (Å²) in [5, 5.41) is 8.68. The van der Waals surface area contributed by atoms with Crippen molar-refractivity contribution < 1.29 is 23.1 Å². The van der Waals surface area contributed by atoms with Crippen LogP contribution in [0.2, 0.25) is 0 Å². The van der Waals surface area contributed by atoms with E-state index in [0.717, 1.165) is 12.6 Å². The van der Waals surface area contributed by atoms with Gasteiger partial charge in [-0.05, 0) is 24.5 Å². The second-order valence-electron chi connectivity index (χ2n) is 4.88. The van der Waals surface area contributed by atoms with Gasteiger partial charge in [0, 0.05) is 25.9 Å². The Morgan fingerprint density at radius 3 is 2.76 bits per heavy atom. The van der Waals surface area contributed by atoms with Gasteiger partial charge >= 0.3 is 5.97 Å². The molecule has 1 aliphatic heterocycles. The van der Waals surface area contributed by atoms with Crippen molar-refractivity contribution in [3.8, 4) is 0 Å². The zero-order valence-electron chi connectivity index (χ0n) is 11.7. The first-order valence-electron chi connectivity index (χ1n) is 6.72. The summed E-state index contributed by atoms with van der Waals surface area (Å²) in [6.07, 6.45) is 1.90. The van der Waals surface area contributed by atoms with Gasteiger partial charge in [0.1, 0.15) is 0 Å². The van der Waals surface area contributed by atoms with Crippen molar-refractivity contribution in [2.45, 2.75) is 18.4 Å². The zero-order chi connectivity index (χ0) is 15.5. The monoisotopic (exact) mass is 314 g/mol. The fourth-order valence-corrected chi connectivity index (χ4v) is 3.64. The Morgan fingerprint density at radius 1 is 1.52 bits per heavy atom. The molecule has 2 rings (SSSR count). The Labute approximate surface area is 123 Å².